The first kappa shape index (κ1) is 55.0. The van der Waals surface area contributed by atoms with Crippen LogP contribution in [0.4, 0.5) is 0 Å². The van der Waals surface area contributed by atoms with Crippen molar-refractivity contribution < 1.29 is 58.8 Å². The number of carbonyl (C=O) groups is 8. The van der Waals surface area contributed by atoms with Gasteiger partial charge in [0.15, 0.2) is 0 Å². The largest absolute Gasteiger partial charge is 0.508 e. The van der Waals surface area contributed by atoms with Crippen molar-refractivity contribution >= 4 is 47.4 Å². The number of aromatic hydroxyl groups is 2. The van der Waals surface area contributed by atoms with Crippen LogP contribution in [0.3, 0.4) is 0 Å². The summed E-state index contributed by atoms with van der Waals surface area (Å²) in [5.74, 6) is -7.61. The smallest absolute Gasteiger partial charge is 0.326 e. The summed E-state index contributed by atoms with van der Waals surface area (Å²) in [4.78, 5) is 108. The minimum Gasteiger partial charge on any atom is -0.508 e. The van der Waals surface area contributed by atoms with E-state index >= 15 is 0 Å². The fourth-order valence-electron chi connectivity index (χ4n) is 7.55. The number of hydrogen-bond acceptors (Lipinski definition) is 14. The summed E-state index contributed by atoms with van der Waals surface area (Å²) in [5, 5.41) is 51.4. The van der Waals surface area contributed by atoms with Gasteiger partial charge in [-0.2, -0.15) is 0 Å². The first-order chi connectivity index (χ1) is 32.0. The first-order valence-electron chi connectivity index (χ1n) is 22.7. The van der Waals surface area contributed by atoms with E-state index < -0.39 is 96.1 Å². The SMILES string of the molecule is NCCCC[C@H](NC(=O)[C@@H]1CCCN1C(=O)[C@H](CCCCN)NC(=O)[C@H](Cc1ccc(O)cc1)NC(=O)[C@@H](N)CCCCN)C(=O)N[C@@H](Cc1ccc(O)cc1)C(=O)N[C@@H](CC(=O)O)C(=O)O. The second-order valence-corrected chi connectivity index (χ2v) is 16.6. The van der Waals surface area contributed by atoms with E-state index in [4.69, 9.17) is 22.9 Å². The molecule has 1 saturated heterocycles. The summed E-state index contributed by atoms with van der Waals surface area (Å²) in [5.41, 5.74) is 24.3. The Balaban J connectivity index is 1.87. The number of carboxylic acid groups (broad SMARTS) is 2. The molecule has 370 valence electrons. The number of unbranched alkanes of at least 4 members (excludes halogenated alkanes) is 3. The number of benzene rings is 2. The number of likely N-dealkylation sites (tertiary alicyclic amines) is 1. The first-order valence-corrected chi connectivity index (χ1v) is 22.7. The van der Waals surface area contributed by atoms with Gasteiger partial charge in [-0.15, -0.1) is 0 Å². The van der Waals surface area contributed by atoms with Crippen molar-refractivity contribution in [2.75, 3.05) is 26.2 Å². The molecule has 0 spiro atoms. The zero-order chi connectivity index (χ0) is 49.5. The quantitative estimate of drug-likeness (QED) is 0.0400. The van der Waals surface area contributed by atoms with Crippen LogP contribution in [0.25, 0.3) is 0 Å². The van der Waals surface area contributed by atoms with E-state index in [0.717, 1.165) is 0 Å². The molecule has 0 unspecified atom stereocenters. The lowest BCUT2D eigenvalue weighted by molar-refractivity contribution is -0.147. The Labute approximate surface area is 389 Å². The number of carboxylic acids is 2. The van der Waals surface area contributed by atoms with Crippen LogP contribution in [0.1, 0.15) is 88.2 Å². The van der Waals surface area contributed by atoms with Gasteiger partial charge in [0.25, 0.3) is 0 Å². The number of aliphatic carboxylic acids is 2. The number of nitrogens with two attached hydrogens (primary N) is 4. The Hall–Kier alpha value is -6.36. The molecular formula is C45H68N10O12. The molecule has 22 heteroatoms. The summed E-state index contributed by atoms with van der Waals surface area (Å²) in [6.07, 6.45) is 2.90. The summed E-state index contributed by atoms with van der Waals surface area (Å²) in [6.45, 7) is 1.12. The van der Waals surface area contributed by atoms with Crippen LogP contribution in [0, 0.1) is 0 Å². The zero-order valence-electron chi connectivity index (χ0n) is 37.7. The van der Waals surface area contributed by atoms with Crippen molar-refractivity contribution in [3.63, 3.8) is 0 Å². The molecule has 2 aromatic rings. The highest BCUT2D eigenvalue weighted by molar-refractivity contribution is 5.97. The van der Waals surface area contributed by atoms with Crippen molar-refractivity contribution in [2.45, 2.75) is 132 Å². The standard InChI is InChI=1S/C45H68N10O12/c46-20-4-1-8-31(49)39(60)52-34(24-27-12-16-29(56)17-13-27)41(62)51-33(10-3-6-22-48)44(65)55-23-7-11-37(55)43(64)50-32(9-2-5-21-47)40(61)53-35(25-28-14-18-30(57)19-15-28)42(63)54-36(45(66)67)26-38(58)59/h12-19,31-37,56-57H,1-11,20-26,46-49H2,(H,50,64)(H,51,62)(H,52,60)(H,53,61)(H,54,63)(H,58,59)(H,66,67)/t31-,32-,33-,34-,35-,36-,37-/m0/s1. The second-order valence-electron chi connectivity index (χ2n) is 16.6. The van der Waals surface area contributed by atoms with Crippen molar-refractivity contribution in [1.82, 2.24) is 31.5 Å². The maximum atomic E-state index is 14.5. The lowest BCUT2D eigenvalue weighted by Gasteiger charge is -2.31. The van der Waals surface area contributed by atoms with E-state index in [9.17, 15) is 58.8 Å². The normalized spacial score (nSPS) is 16.1. The fourth-order valence-corrected chi connectivity index (χ4v) is 7.55. The van der Waals surface area contributed by atoms with Crippen LogP contribution >= 0.6 is 0 Å². The summed E-state index contributed by atoms with van der Waals surface area (Å²) in [6, 6.07) is 2.69. The topological polar surface area (TPSA) is 385 Å². The molecule has 1 aliphatic heterocycles. The third kappa shape index (κ3) is 18.8. The fraction of sp³-hybridized carbons (Fsp3) is 0.556. The van der Waals surface area contributed by atoms with Gasteiger partial charge >= 0.3 is 11.9 Å². The molecule has 1 aliphatic rings. The monoisotopic (exact) mass is 941 g/mol. The van der Waals surface area contributed by atoms with Gasteiger partial charge in [-0.3, -0.25) is 33.6 Å². The van der Waals surface area contributed by atoms with E-state index in [1.165, 1.54) is 41.3 Å². The molecule has 0 saturated carbocycles. The van der Waals surface area contributed by atoms with E-state index in [-0.39, 0.29) is 56.7 Å². The highest BCUT2D eigenvalue weighted by Crippen LogP contribution is 2.22. The minimum atomic E-state index is -1.84. The van der Waals surface area contributed by atoms with E-state index in [0.29, 0.717) is 75.6 Å². The molecule has 0 aliphatic carbocycles. The number of nitrogens with zero attached hydrogens (tertiary/aromatic N) is 1. The molecule has 0 radical (unpaired) electrons. The number of carbonyl (C=O) groups excluding carboxylic acids is 6. The van der Waals surface area contributed by atoms with Gasteiger partial charge in [0.1, 0.15) is 47.8 Å². The molecule has 0 aromatic heterocycles. The van der Waals surface area contributed by atoms with Crippen LogP contribution in [-0.4, -0.2) is 141 Å². The molecule has 1 heterocycles. The van der Waals surface area contributed by atoms with Gasteiger partial charge in [-0.25, -0.2) is 4.79 Å². The highest BCUT2D eigenvalue weighted by atomic mass is 16.4. The predicted molar refractivity (Wildman–Crippen MR) is 245 cm³/mol. The molecule has 0 bridgehead atoms. The predicted octanol–water partition coefficient (Wildman–Crippen LogP) is -1.43. The molecule has 67 heavy (non-hydrogen) atoms. The molecule has 22 nitrogen and oxygen atoms in total. The highest BCUT2D eigenvalue weighted by Gasteiger charge is 2.40. The molecule has 17 N–H and O–H groups in total. The second kappa shape index (κ2) is 28.6. The lowest BCUT2D eigenvalue weighted by atomic mass is 10.0. The van der Waals surface area contributed by atoms with Gasteiger partial charge in [-0.1, -0.05) is 30.7 Å². The molecule has 7 atom stereocenters. The third-order valence-electron chi connectivity index (χ3n) is 11.3. The number of phenolic OH excluding ortho intramolecular Hbond substituents is 2. The van der Waals surface area contributed by atoms with Crippen molar-refractivity contribution in [2.24, 2.45) is 22.9 Å². The Bertz CT molecular complexity index is 1950. The molecule has 1 fully saturated rings. The Morgan fingerprint density at radius 1 is 0.567 bits per heavy atom. The van der Waals surface area contributed by atoms with Gasteiger partial charge < -0.3 is 74.8 Å². The maximum Gasteiger partial charge on any atom is 0.326 e. The number of phenols is 2. The van der Waals surface area contributed by atoms with Crippen LogP contribution in [0.15, 0.2) is 48.5 Å². The van der Waals surface area contributed by atoms with E-state index in [1.807, 2.05) is 0 Å². The van der Waals surface area contributed by atoms with Crippen molar-refractivity contribution in [3.05, 3.63) is 59.7 Å². The van der Waals surface area contributed by atoms with E-state index in [1.54, 1.807) is 12.1 Å². The molecule has 3 rings (SSSR count). The summed E-state index contributed by atoms with van der Waals surface area (Å²) >= 11 is 0. The van der Waals surface area contributed by atoms with Crippen LogP contribution in [0.5, 0.6) is 11.5 Å². The summed E-state index contributed by atoms with van der Waals surface area (Å²) in [7, 11) is 0. The Morgan fingerprint density at radius 3 is 1.48 bits per heavy atom. The molecular weight excluding hydrogens is 873 g/mol. The number of rotatable bonds is 30. The Kier molecular flexibility index (Phi) is 23.5. The van der Waals surface area contributed by atoms with Gasteiger partial charge in [0.2, 0.25) is 35.4 Å². The van der Waals surface area contributed by atoms with Crippen molar-refractivity contribution in [3.8, 4) is 11.5 Å². The van der Waals surface area contributed by atoms with Crippen molar-refractivity contribution in [1.29, 1.82) is 0 Å². The molecule has 2 aromatic carbocycles. The summed E-state index contributed by atoms with van der Waals surface area (Å²) < 4.78 is 0. The number of amides is 6. The van der Waals surface area contributed by atoms with Gasteiger partial charge in [0.05, 0.1) is 12.5 Å². The van der Waals surface area contributed by atoms with Gasteiger partial charge in [-0.05, 0) is 119 Å². The number of nitrogens with one attached hydrogen (secondary N) is 5. The van der Waals surface area contributed by atoms with Crippen LogP contribution in [-0.2, 0) is 51.2 Å². The zero-order valence-corrected chi connectivity index (χ0v) is 37.7. The minimum absolute atomic E-state index is 0.00385. The van der Waals surface area contributed by atoms with Crippen LogP contribution in [0.2, 0.25) is 0 Å². The average molecular weight is 941 g/mol. The number of hydrogen-bond donors (Lipinski definition) is 13. The lowest BCUT2D eigenvalue weighted by Crippen LogP contribution is -2.60. The third-order valence-corrected chi connectivity index (χ3v) is 11.3. The average Bonchev–Trinajstić information content (AvgIpc) is 3.79. The van der Waals surface area contributed by atoms with Crippen LogP contribution < -0.4 is 49.5 Å². The Morgan fingerprint density at radius 2 is 1.00 bits per heavy atom. The van der Waals surface area contributed by atoms with E-state index in [2.05, 4.69) is 26.6 Å². The maximum absolute atomic E-state index is 14.5. The van der Waals surface area contributed by atoms with Gasteiger partial charge in [0, 0.05) is 19.4 Å². The molecule has 6 amide bonds.